The van der Waals surface area contributed by atoms with Crippen LogP contribution in [0.3, 0.4) is 0 Å². The summed E-state index contributed by atoms with van der Waals surface area (Å²) in [6, 6.07) is 15.2. The molecule has 0 aliphatic carbocycles. The molecule has 0 spiro atoms. The molecule has 2 aromatic rings. The largest absolute Gasteiger partial charge is 0.321 e. The molecule has 3 heteroatoms. The number of aryl methyl sites for hydroxylation is 1. The molecule has 0 aliphatic rings. The lowest BCUT2D eigenvalue weighted by atomic mass is 10.2. The topological polar surface area (TPSA) is 29.1 Å². The maximum absolute atomic E-state index is 11.8. The fourth-order valence-electron chi connectivity index (χ4n) is 1.69. The number of hydrogen-bond donors (Lipinski definition) is 1. The van der Waals surface area contributed by atoms with Gasteiger partial charge in [-0.25, -0.2) is 0 Å². The number of rotatable bonds is 3. The molecule has 2 aromatic carbocycles. The molecule has 0 aromatic heterocycles. The van der Waals surface area contributed by atoms with Crippen LogP contribution in [0.1, 0.15) is 11.1 Å². The minimum atomic E-state index is -0.194. The molecule has 0 heterocycles. The highest BCUT2D eigenvalue weighted by Gasteiger charge is 2.05. The van der Waals surface area contributed by atoms with E-state index in [9.17, 15) is 4.79 Å². The number of carbonyl (C=O) groups excluding carboxylic acids is 1. The third-order valence-corrected chi connectivity index (χ3v) is 3.01. The van der Waals surface area contributed by atoms with Crippen LogP contribution in [0.25, 0.3) is 6.08 Å². The van der Waals surface area contributed by atoms with Crippen LogP contribution in [0, 0.1) is 6.92 Å². The minimum absolute atomic E-state index is 0.194. The van der Waals surface area contributed by atoms with Gasteiger partial charge in [0, 0.05) is 6.08 Å². The molecule has 0 saturated heterocycles. The summed E-state index contributed by atoms with van der Waals surface area (Å²) in [4.78, 5) is 11.8. The molecular formula is C16H14ClNO. The fourth-order valence-corrected chi connectivity index (χ4v) is 1.96. The number of halogens is 1. The van der Waals surface area contributed by atoms with Crippen LogP contribution in [0.5, 0.6) is 0 Å². The van der Waals surface area contributed by atoms with Gasteiger partial charge in [-0.05, 0) is 30.2 Å². The molecule has 2 nitrogen and oxygen atoms in total. The average Bonchev–Trinajstić information content (AvgIpc) is 2.42. The molecule has 0 fully saturated rings. The van der Waals surface area contributed by atoms with E-state index >= 15 is 0 Å². The van der Waals surface area contributed by atoms with Crippen LogP contribution in [-0.4, -0.2) is 5.91 Å². The Labute approximate surface area is 117 Å². The lowest BCUT2D eigenvalue weighted by Crippen LogP contribution is -2.09. The zero-order valence-electron chi connectivity index (χ0n) is 10.6. The zero-order chi connectivity index (χ0) is 13.7. The Morgan fingerprint density at radius 1 is 1.11 bits per heavy atom. The zero-order valence-corrected chi connectivity index (χ0v) is 11.3. The van der Waals surface area contributed by atoms with Crippen molar-refractivity contribution >= 4 is 29.3 Å². The summed E-state index contributed by atoms with van der Waals surface area (Å²) in [5.41, 5.74) is 2.58. The molecule has 1 N–H and O–H groups in total. The van der Waals surface area contributed by atoms with E-state index < -0.39 is 0 Å². The quantitative estimate of drug-likeness (QED) is 0.829. The lowest BCUT2D eigenvalue weighted by Gasteiger charge is -2.08. The summed E-state index contributed by atoms with van der Waals surface area (Å²) in [6.45, 7) is 1.91. The normalized spacial score (nSPS) is 10.6. The molecule has 0 unspecified atom stereocenters. The number of carbonyl (C=O) groups is 1. The molecule has 2 rings (SSSR count). The van der Waals surface area contributed by atoms with E-state index in [0.29, 0.717) is 10.7 Å². The van der Waals surface area contributed by atoms with Gasteiger partial charge in [0.05, 0.1) is 10.7 Å². The van der Waals surface area contributed by atoms with Crippen LogP contribution < -0.4 is 5.32 Å². The smallest absolute Gasteiger partial charge is 0.248 e. The first kappa shape index (κ1) is 13.4. The second-order valence-electron chi connectivity index (χ2n) is 4.17. The van der Waals surface area contributed by atoms with Crippen molar-refractivity contribution in [3.05, 3.63) is 70.8 Å². The van der Waals surface area contributed by atoms with Crippen LogP contribution >= 0.6 is 11.6 Å². The third-order valence-electron chi connectivity index (χ3n) is 2.70. The van der Waals surface area contributed by atoms with Gasteiger partial charge in [-0.15, -0.1) is 0 Å². The van der Waals surface area contributed by atoms with Crippen LogP contribution in [0.4, 0.5) is 5.69 Å². The summed E-state index contributed by atoms with van der Waals surface area (Å²) >= 11 is 6.05. The highest BCUT2D eigenvalue weighted by Crippen LogP contribution is 2.25. The van der Waals surface area contributed by atoms with E-state index in [1.165, 1.54) is 6.08 Å². The predicted octanol–water partition coefficient (Wildman–Crippen LogP) is 4.30. The highest BCUT2D eigenvalue weighted by molar-refractivity contribution is 6.34. The number of anilines is 1. The van der Waals surface area contributed by atoms with Gasteiger partial charge < -0.3 is 5.32 Å². The molecule has 96 valence electrons. The predicted molar refractivity (Wildman–Crippen MR) is 80.3 cm³/mol. The number of benzene rings is 2. The van der Waals surface area contributed by atoms with Gasteiger partial charge in [0.25, 0.3) is 0 Å². The first-order valence-corrected chi connectivity index (χ1v) is 6.34. The Morgan fingerprint density at radius 2 is 1.84 bits per heavy atom. The summed E-state index contributed by atoms with van der Waals surface area (Å²) in [7, 11) is 0. The maximum atomic E-state index is 11.8. The first-order chi connectivity index (χ1) is 9.16. The number of nitrogens with one attached hydrogen (secondary N) is 1. The van der Waals surface area contributed by atoms with E-state index in [1.807, 2.05) is 49.4 Å². The summed E-state index contributed by atoms with van der Waals surface area (Å²) < 4.78 is 0. The van der Waals surface area contributed by atoms with Crippen molar-refractivity contribution in [3.63, 3.8) is 0 Å². The summed E-state index contributed by atoms with van der Waals surface area (Å²) in [6.07, 6.45) is 3.26. The Kier molecular flexibility index (Phi) is 4.37. The van der Waals surface area contributed by atoms with Crippen molar-refractivity contribution in [1.82, 2.24) is 0 Å². The highest BCUT2D eigenvalue weighted by atomic mass is 35.5. The molecule has 1 amide bonds. The second-order valence-corrected chi connectivity index (χ2v) is 4.57. The van der Waals surface area contributed by atoms with E-state index in [4.69, 9.17) is 11.6 Å². The van der Waals surface area contributed by atoms with Crippen molar-refractivity contribution in [3.8, 4) is 0 Å². The van der Waals surface area contributed by atoms with E-state index in [2.05, 4.69) is 5.32 Å². The van der Waals surface area contributed by atoms with Gasteiger partial charge in [-0.3, -0.25) is 4.79 Å². The van der Waals surface area contributed by atoms with Crippen LogP contribution in [0.15, 0.2) is 54.6 Å². The lowest BCUT2D eigenvalue weighted by molar-refractivity contribution is -0.111. The maximum Gasteiger partial charge on any atom is 0.248 e. The van der Waals surface area contributed by atoms with Gasteiger partial charge in [0.2, 0.25) is 5.91 Å². The Bertz CT molecular complexity index is 585. The van der Waals surface area contributed by atoms with Gasteiger partial charge in [0.15, 0.2) is 0 Å². The molecule has 0 atom stereocenters. The number of para-hydroxylation sites is 1. The standard InChI is InChI=1S/C16H14ClNO/c1-12-6-5-9-14(17)16(12)18-15(19)11-10-13-7-3-2-4-8-13/h2-11H,1H3,(H,18,19). The van der Waals surface area contributed by atoms with Gasteiger partial charge in [0.1, 0.15) is 0 Å². The molecule has 0 saturated carbocycles. The summed E-state index contributed by atoms with van der Waals surface area (Å²) in [5.74, 6) is -0.194. The number of amides is 1. The molecule has 0 aliphatic heterocycles. The van der Waals surface area contributed by atoms with E-state index in [1.54, 1.807) is 12.1 Å². The molecular weight excluding hydrogens is 258 g/mol. The minimum Gasteiger partial charge on any atom is -0.321 e. The van der Waals surface area contributed by atoms with E-state index in [-0.39, 0.29) is 5.91 Å². The van der Waals surface area contributed by atoms with Gasteiger partial charge in [-0.2, -0.15) is 0 Å². The fraction of sp³-hybridized carbons (Fsp3) is 0.0625. The monoisotopic (exact) mass is 271 g/mol. The Hall–Kier alpha value is -2.06. The molecule has 0 radical (unpaired) electrons. The Balaban J connectivity index is 2.08. The first-order valence-electron chi connectivity index (χ1n) is 5.96. The van der Waals surface area contributed by atoms with Gasteiger partial charge >= 0.3 is 0 Å². The van der Waals surface area contributed by atoms with Crippen molar-refractivity contribution in [2.45, 2.75) is 6.92 Å². The number of hydrogen-bond acceptors (Lipinski definition) is 1. The van der Waals surface area contributed by atoms with Crippen molar-refractivity contribution in [1.29, 1.82) is 0 Å². The average molecular weight is 272 g/mol. The molecule has 19 heavy (non-hydrogen) atoms. The van der Waals surface area contributed by atoms with Gasteiger partial charge in [-0.1, -0.05) is 54.1 Å². The van der Waals surface area contributed by atoms with Crippen LogP contribution in [-0.2, 0) is 4.79 Å². The third kappa shape index (κ3) is 3.70. The van der Waals surface area contributed by atoms with E-state index in [0.717, 1.165) is 11.1 Å². The molecule has 0 bridgehead atoms. The van der Waals surface area contributed by atoms with Crippen molar-refractivity contribution in [2.75, 3.05) is 5.32 Å². The SMILES string of the molecule is Cc1cccc(Cl)c1NC(=O)C=Cc1ccccc1. The second kappa shape index (κ2) is 6.21. The summed E-state index contributed by atoms with van der Waals surface area (Å²) in [5, 5.41) is 3.33. The Morgan fingerprint density at radius 3 is 2.53 bits per heavy atom. The van der Waals surface area contributed by atoms with Crippen LogP contribution in [0.2, 0.25) is 5.02 Å². The van der Waals surface area contributed by atoms with Crippen molar-refractivity contribution < 1.29 is 4.79 Å². The van der Waals surface area contributed by atoms with Crippen molar-refractivity contribution in [2.24, 2.45) is 0 Å².